The van der Waals surface area contributed by atoms with Crippen molar-refractivity contribution in [2.75, 3.05) is 13.7 Å². The number of para-hydroxylation sites is 1. The molecule has 2 N–H and O–H groups in total. The summed E-state index contributed by atoms with van der Waals surface area (Å²) < 4.78 is 7.49. The second kappa shape index (κ2) is 6.24. The number of nitrogens with one attached hydrogen (secondary N) is 2. The van der Waals surface area contributed by atoms with Crippen LogP contribution in [0, 0.1) is 4.77 Å². The highest BCUT2D eigenvalue weighted by molar-refractivity contribution is 7.71. The number of methoxy groups -OCH3 is 1. The van der Waals surface area contributed by atoms with Crippen LogP contribution in [0.2, 0.25) is 0 Å². The lowest BCUT2D eigenvalue weighted by molar-refractivity contribution is 0.0228. The Morgan fingerprint density at radius 3 is 2.67 bits per heavy atom. The third-order valence-corrected chi connectivity index (χ3v) is 3.55. The van der Waals surface area contributed by atoms with Crippen molar-refractivity contribution in [2.24, 2.45) is 0 Å². The van der Waals surface area contributed by atoms with Crippen LogP contribution in [0.15, 0.2) is 36.5 Å². The van der Waals surface area contributed by atoms with E-state index in [0.29, 0.717) is 17.0 Å². The van der Waals surface area contributed by atoms with Gasteiger partial charge in [0.25, 0.3) is 5.91 Å². The number of hydrogen-bond acceptors (Lipinski definition) is 3. The van der Waals surface area contributed by atoms with Gasteiger partial charge in [-0.1, -0.05) is 18.2 Å². The highest BCUT2D eigenvalue weighted by Crippen LogP contribution is 2.13. The van der Waals surface area contributed by atoms with Crippen LogP contribution < -0.4 is 5.32 Å². The molecule has 0 aliphatic carbocycles. The first-order chi connectivity index (χ1) is 9.94. The topological polar surface area (TPSA) is 59.0 Å². The van der Waals surface area contributed by atoms with Gasteiger partial charge in [-0.3, -0.25) is 9.36 Å². The highest BCUT2D eigenvalue weighted by atomic mass is 32.1. The van der Waals surface area contributed by atoms with Gasteiger partial charge in [-0.05, 0) is 38.2 Å². The Hall–Kier alpha value is -1.92. The second-order valence-electron chi connectivity index (χ2n) is 5.30. The van der Waals surface area contributed by atoms with Crippen LogP contribution in [0.1, 0.15) is 24.3 Å². The van der Waals surface area contributed by atoms with E-state index >= 15 is 0 Å². The molecule has 0 saturated heterocycles. The monoisotopic (exact) mass is 305 g/mol. The van der Waals surface area contributed by atoms with Gasteiger partial charge in [0.1, 0.15) is 5.69 Å². The first-order valence-electron chi connectivity index (χ1n) is 6.64. The third kappa shape index (κ3) is 3.59. The molecule has 0 aliphatic heterocycles. The summed E-state index contributed by atoms with van der Waals surface area (Å²) in [4.78, 5) is 15.3. The van der Waals surface area contributed by atoms with E-state index in [0.717, 1.165) is 5.69 Å². The van der Waals surface area contributed by atoms with Gasteiger partial charge >= 0.3 is 0 Å². The predicted octanol–water partition coefficient (Wildman–Crippen LogP) is 2.69. The van der Waals surface area contributed by atoms with Gasteiger partial charge in [0.05, 0.1) is 5.60 Å². The number of H-pyrrole nitrogens is 1. The molecular formula is C15H19N3O2S. The second-order valence-corrected chi connectivity index (χ2v) is 5.68. The van der Waals surface area contributed by atoms with Gasteiger partial charge in [-0.2, -0.15) is 0 Å². The van der Waals surface area contributed by atoms with Crippen LogP contribution >= 0.6 is 12.2 Å². The van der Waals surface area contributed by atoms with Gasteiger partial charge in [0.15, 0.2) is 4.77 Å². The van der Waals surface area contributed by atoms with Crippen molar-refractivity contribution < 1.29 is 9.53 Å². The van der Waals surface area contributed by atoms with Crippen molar-refractivity contribution in [3.63, 3.8) is 0 Å². The maximum Gasteiger partial charge on any atom is 0.269 e. The van der Waals surface area contributed by atoms with E-state index < -0.39 is 5.60 Å². The quantitative estimate of drug-likeness (QED) is 0.835. The molecular weight excluding hydrogens is 286 g/mol. The zero-order chi connectivity index (χ0) is 15.5. The normalized spacial score (nSPS) is 11.4. The van der Waals surface area contributed by atoms with E-state index in [2.05, 4.69) is 10.3 Å². The van der Waals surface area contributed by atoms with Gasteiger partial charge < -0.3 is 15.0 Å². The fraction of sp³-hybridized carbons (Fsp3) is 0.333. The fourth-order valence-corrected chi connectivity index (χ4v) is 2.09. The molecule has 2 aromatic rings. The number of carbonyl (C=O) groups is 1. The molecule has 0 unspecified atom stereocenters. The van der Waals surface area contributed by atoms with Crippen LogP contribution in [-0.4, -0.2) is 34.7 Å². The Morgan fingerprint density at radius 1 is 1.38 bits per heavy atom. The van der Waals surface area contributed by atoms with E-state index in [1.165, 1.54) is 0 Å². The SMILES string of the molecule is COC(C)(C)CNC(=O)c1c[nH]c(=S)n1-c1ccccc1. The summed E-state index contributed by atoms with van der Waals surface area (Å²) in [7, 11) is 1.62. The molecule has 1 aromatic carbocycles. The zero-order valence-electron chi connectivity index (χ0n) is 12.3. The van der Waals surface area contributed by atoms with E-state index in [9.17, 15) is 4.79 Å². The summed E-state index contributed by atoms with van der Waals surface area (Å²) in [5, 5.41) is 2.86. The first kappa shape index (κ1) is 15.5. The van der Waals surface area contributed by atoms with E-state index in [4.69, 9.17) is 17.0 Å². The molecule has 1 amide bonds. The molecule has 0 fully saturated rings. The number of nitrogens with zero attached hydrogens (tertiary/aromatic N) is 1. The molecule has 0 bridgehead atoms. The predicted molar refractivity (Wildman–Crippen MR) is 84.4 cm³/mol. The summed E-state index contributed by atoms with van der Waals surface area (Å²) in [6, 6.07) is 9.53. The minimum absolute atomic E-state index is 0.198. The van der Waals surface area contributed by atoms with Crippen LogP contribution in [0.4, 0.5) is 0 Å². The number of aromatic nitrogens is 2. The number of amides is 1. The third-order valence-electron chi connectivity index (χ3n) is 3.25. The highest BCUT2D eigenvalue weighted by Gasteiger charge is 2.20. The van der Waals surface area contributed by atoms with Gasteiger partial charge in [-0.25, -0.2) is 0 Å². The lowest BCUT2D eigenvalue weighted by Crippen LogP contribution is -2.40. The van der Waals surface area contributed by atoms with Crippen LogP contribution in [0.3, 0.4) is 0 Å². The van der Waals surface area contributed by atoms with E-state index in [1.54, 1.807) is 17.9 Å². The molecule has 0 spiro atoms. The van der Waals surface area contributed by atoms with Gasteiger partial charge in [0.2, 0.25) is 0 Å². The van der Waals surface area contributed by atoms with Crippen LogP contribution in [0.5, 0.6) is 0 Å². The van der Waals surface area contributed by atoms with Gasteiger partial charge in [0, 0.05) is 25.5 Å². The molecule has 2 rings (SSSR count). The van der Waals surface area contributed by atoms with Crippen molar-refractivity contribution in [1.82, 2.24) is 14.9 Å². The lowest BCUT2D eigenvalue weighted by Gasteiger charge is -2.23. The molecule has 112 valence electrons. The molecule has 21 heavy (non-hydrogen) atoms. The number of aromatic amines is 1. The van der Waals surface area contributed by atoms with Crippen LogP contribution in [0.25, 0.3) is 5.69 Å². The fourth-order valence-electron chi connectivity index (χ4n) is 1.82. The number of benzene rings is 1. The molecule has 1 aromatic heterocycles. The summed E-state index contributed by atoms with van der Waals surface area (Å²) in [5.41, 5.74) is 0.901. The lowest BCUT2D eigenvalue weighted by atomic mass is 10.1. The minimum Gasteiger partial charge on any atom is -0.377 e. The average Bonchev–Trinajstić information content (AvgIpc) is 2.87. The Balaban J connectivity index is 2.26. The Morgan fingerprint density at radius 2 is 2.05 bits per heavy atom. The maximum atomic E-state index is 12.4. The summed E-state index contributed by atoms with van der Waals surface area (Å²) in [6.07, 6.45) is 1.62. The first-order valence-corrected chi connectivity index (χ1v) is 7.04. The smallest absolute Gasteiger partial charge is 0.269 e. The average molecular weight is 305 g/mol. The van der Waals surface area contributed by atoms with Crippen molar-refractivity contribution >= 4 is 18.1 Å². The Kier molecular flexibility index (Phi) is 4.59. The molecule has 5 nitrogen and oxygen atoms in total. The molecule has 6 heteroatoms. The minimum atomic E-state index is -0.416. The number of hydrogen-bond donors (Lipinski definition) is 2. The van der Waals surface area contributed by atoms with Crippen molar-refractivity contribution in [1.29, 1.82) is 0 Å². The standard InChI is InChI=1S/C15H19N3O2S/c1-15(2,20-3)10-17-13(19)12-9-16-14(21)18(12)11-7-5-4-6-8-11/h4-9H,10H2,1-3H3,(H,16,21)(H,17,19). The number of imidazole rings is 1. The Labute approximate surface area is 129 Å². The number of ether oxygens (including phenoxy) is 1. The molecule has 0 radical (unpaired) electrons. The van der Waals surface area contributed by atoms with Crippen molar-refractivity contribution in [3.05, 3.63) is 47.0 Å². The van der Waals surface area contributed by atoms with E-state index in [1.807, 2.05) is 44.2 Å². The van der Waals surface area contributed by atoms with E-state index in [-0.39, 0.29) is 5.91 Å². The number of carbonyl (C=O) groups excluding carboxylic acids is 1. The zero-order valence-corrected chi connectivity index (χ0v) is 13.2. The van der Waals surface area contributed by atoms with Gasteiger partial charge in [-0.15, -0.1) is 0 Å². The number of rotatable bonds is 5. The largest absolute Gasteiger partial charge is 0.377 e. The summed E-state index contributed by atoms with van der Waals surface area (Å²) >= 11 is 5.26. The molecule has 0 atom stereocenters. The summed E-state index contributed by atoms with van der Waals surface area (Å²) in [6.45, 7) is 4.23. The van der Waals surface area contributed by atoms with Crippen LogP contribution in [-0.2, 0) is 4.74 Å². The molecule has 0 saturated carbocycles. The summed E-state index contributed by atoms with van der Waals surface area (Å²) in [5.74, 6) is -0.198. The van der Waals surface area contributed by atoms with Crippen molar-refractivity contribution in [3.8, 4) is 5.69 Å². The molecule has 0 aliphatic rings. The maximum absolute atomic E-state index is 12.4. The Bertz CT molecular complexity index is 674. The molecule has 1 heterocycles. The van der Waals surface area contributed by atoms with Crippen molar-refractivity contribution in [2.45, 2.75) is 19.4 Å².